The fraction of sp³-hybridized carbons (Fsp3) is 0.444. The second-order valence-corrected chi connectivity index (χ2v) is 7.67. The summed E-state index contributed by atoms with van der Waals surface area (Å²) in [6.07, 6.45) is 4.40. The number of morpholine rings is 1. The first-order chi connectivity index (χ1) is 13.3. The molecular weight excluding hydrogens is 362 g/mol. The van der Waals surface area contributed by atoms with E-state index in [4.69, 9.17) is 20.2 Å². The second-order valence-electron chi connectivity index (χ2n) is 7.67. The Labute approximate surface area is 161 Å². The number of carbonyl (C=O) groups is 1. The largest absolute Gasteiger partial charge is 0.444 e. The Bertz CT molecular complexity index is 991. The minimum absolute atomic E-state index is 0.340. The third-order valence-corrected chi connectivity index (χ3v) is 4.38. The van der Waals surface area contributed by atoms with Crippen molar-refractivity contribution in [1.29, 1.82) is 0 Å². The third kappa shape index (κ3) is 3.50. The molecule has 1 atom stereocenters. The molecule has 1 amide bonds. The van der Waals surface area contributed by atoms with Crippen molar-refractivity contribution < 1.29 is 14.3 Å². The molecule has 4 heterocycles. The zero-order valence-corrected chi connectivity index (χ0v) is 16.0. The molecule has 1 aliphatic heterocycles. The van der Waals surface area contributed by atoms with Gasteiger partial charge in [-0.25, -0.2) is 9.78 Å². The van der Waals surface area contributed by atoms with Crippen LogP contribution in [0, 0.1) is 0 Å². The monoisotopic (exact) mass is 385 g/mol. The van der Waals surface area contributed by atoms with Crippen LogP contribution in [-0.4, -0.2) is 61.1 Å². The molecule has 0 spiro atoms. The first-order valence-corrected chi connectivity index (χ1v) is 9.04. The molecule has 1 unspecified atom stereocenters. The fourth-order valence-corrected chi connectivity index (χ4v) is 3.09. The molecule has 10 nitrogen and oxygen atoms in total. The summed E-state index contributed by atoms with van der Waals surface area (Å²) in [6.45, 7) is 6.73. The van der Waals surface area contributed by atoms with Crippen LogP contribution in [0.1, 0.15) is 32.6 Å². The van der Waals surface area contributed by atoms with Crippen LogP contribution in [0.5, 0.6) is 0 Å². The van der Waals surface area contributed by atoms with Gasteiger partial charge in [-0.1, -0.05) is 0 Å². The second kappa shape index (κ2) is 6.79. The van der Waals surface area contributed by atoms with Crippen LogP contribution >= 0.6 is 0 Å². The van der Waals surface area contributed by atoms with E-state index in [0.29, 0.717) is 36.9 Å². The maximum absolute atomic E-state index is 12.4. The van der Waals surface area contributed by atoms with Gasteiger partial charge in [-0.2, -0.15) is 14.7 Å². The first-order valence-electron chi connectivity index (χ1n) is 9.04. The van der Waals surface area contributed by atoms with Crippen LogP contribution in [0.4, 0.5) is 10.6 Å². The summed E-state index contributed by atoms with van der Waals surface area (Å²) in [5.74, 6) is 0.438. The number of hydrogen-bond acceptors (Lipinski definition) is 7. The number of aromatic amines is 1. The van der Waals surface area contributed by atoms with E-state index < -0.39 is 11.7 Å². The van der Waals surface area contributed by atoms with Crippen molar-refractivity contribution in [1.82, 2.24) is 29.7 Å². The Morgan fingerprint density at radius 1 is 1.39 bits per heavy atom. The average molecular weight is 385 g/mol. The van der Waals surface area contributed by atoms with Crippen molar-refractivity contribution in [2.24, 2.45) is 0 Å². The zero-order chi connectivity index (χ0) is 19.9. The standard InChI is InChI=1S/C18H23N7O3/c1-18(2,3)28-17(26)24-4-5-27-14(10-24)13-6-15(19)25-16(23-13)12(9-22-25)11-7-20-21-8-11/h6-9,14H,4-5,10,19H2,1-3H3,(H,20,21). The number of nitrogens with one attached hydrogen (secondary N) is 1. The predicted octanol–water partition coefficient (Wildman–Crippen LogP) is 2.01. The van der Waals surface area contributed by atoms with Gasteiger partial charge in [0.25, 0.3) is 0 Å². The SMILES string of the molecule is CC(C)(C)OC(=O)N1CCOC(c2cc(N)n3ncc(-c4cn[nH]c4)c3n2)C1. The molecule has 1 aliphatic rings. The van der Waals surface area contributed by atoms with Crippen LogP contribution in [0.25, 0.3) is 16.8 Å². The van der Waals surface area contributed by atoms with E-state index >= 15 is 0 Å². The van der Waals surface area contributed by atoms with Gasteiger partial charge in [-0.3, -0.25) is 5.10 Å². The lowest BCUT2D eigenvalue weighted by Crippen LogP contribution is -2.44. The average Bonchev–Trinajstić information content (AvgIpc) is 3.29. The number of nitrogens with two attached hydrogens (primary N) is 1. The fourth-order valence-electron chi connectivity index (χ4n) is 3.09. The summed E-state index contributed by atoms with van der Waals surface area (Å²) in [7, 11) is 0. The Kier molecular flexibility index (Phi) is 4.42. The minimum atomic E-state index is -0.552. The lowest BCUT2D eigenvalue weighted by molar-refractivity contribution is -0.0446. The van der Waals surface area contributed by atoms with Gasteiger partial charge in [0.1, 0.15) is 17.5 Å². The number of fused-ring (bicyclic) bond motifs is 1. The van der Waals surface area contributed by atoms with E-state index in [2.05, 4.69) is 15.3 Å². The van der Waals surface area contributed by atoms with Crippen LogP contribution in [-0.2, 0) is 9.47 Å². The molecule has 4 rings (SSSR count). The van der Waals surface area contributed by atoms with E-state index in [1.165, 1.54) is 0 Å². The molecule has 28 heavy (non-hydrogen) atoms. The number of nitrogen functional groups attached to an aromatic ring is 1. The summed E-state index contributed by atoms with van der Waals surface area (Å²) in [5, 5.41) is 11.1. The number of carbonyl (C=O) groups excluding carboxylic acids is 1. The topological polar surface area (TPSA) is 124 Å². The molecule has 0 radical (unpaired) electrons. The van der Waals surface area contributed by atoms with Gasteiger partial charge in [0.05, 0.1) is 31.2 Å². The number of rotatable bonds is 2. The van der Waals surface area contributed by atoms with Crippen molar-refractivity contribution in [3.63, 3.8) is 0 Å². The molecule has 0 aliphatic carbocycles. The van der Waals surface area contributed by atoms with Gasteiger partial charge in [0, 0.05) is 29.9 Å². The lowest BCUT2D eigenvalue weighted by atomic mass is 10.1. The van der Waals surface area contributed by atoms with Gasteiger partial charge in [-0.15, -0.1) is 0 Å². The Morgan fingerprint density at radius 2 is 2.21 bits per heavy atom. The van der Waals surface area contributed by atoms with Crippen molar-refractivity contribution in [2.45, 2.75) is 32.5 Å². The highest BCUT2D eigenvalue weighted by Crippen LogP contribution is 2.28. The molecule has 148 valence electrons. The molecule has 3 aromatic heterocycles. The van der Waals surface area contributed by atoms with Gasteiger partial charge < -0.3 is 20.1 Å². The van der Waals surface area contributed by atoms with E-state index in [1.54, 1.807) is 34.1 Å². The minimum Gasteiger partial charge on any atom is -0.444 e. The highest BCUT2D eigenvalue weighted by molar-refractivity contribution is 5.77. The number of hydrogen-bond donors (Lipinski definition) is 2. The molecular formula is C18H23N7O3. The van der Waals surface area contributed by atoms with Crippen molar-refractivity contribution in [2.75, 3.05) is 25.4 Å². The number of amides is 1. The van der Waals surface area contributed by atoms with Crippen LogP contribution < -0.4 is 5.73 Å². The number of anilines is 1. The summed E-state index contributed by atoms with van der Waals surface area (Å²) >= 11 is 0. The molecule has 1 saturated heterocycles. The van der Waals surface area contributed by atoms with Gasteiger partial charge >= 0.3 is 6.09 Å². The van der Waals surface area contributed by atoms with E-state index in [0.717, 1.165) is 11.1 Å². The molecule has 3 aromatic rings. The smallest absolute Gasteiger partial charge is 0.410 e. The predicted molar refractivity (Wildman–Crippen MR) is 101 cm³/mol. The molecule has 3 N–H and O–H groups in total. The van der Waals surface area contributed by atoms with Gasteiger partial charge in [0.2, 0.25) is 0 Å². The number of aromatic nitrogens is 5. The van der Waals surface area contributed by atoms with Crippen molar-refractivity contribution in [3.05, 3.63) is 30.4 Å². The summed E-state index contributed by atoms with van der Waals surface area (Å²) in [4.78, 5) is 18.8. The van der Waals surface area contributed by atoms with E-state index in [9.17, 15) is 4.79 Å². The van der Waals surface area contributed by atoms with Crippen molar-refractivity contribution in [3.8, 4) is 11.1 Å². The lowest BCUT2D eigenvalue weighted by Gasteiger charge is -2.34. The Morgan fingerprint density at radius 3 is 2.93 bits per heavy atom. The molecule has 0 saturated carbocycles. The van der Waals surface area contributed by atoms with E-state index in [1.807, 2.05) is 20.8 Å². The van der Waals surface area contributed by atoms with Gasteiger partial charge in [0.15, 0.2) is 5.65 Å². The van der Waals surface area contributed by atoms with Crippen LogP contribution in [0.2, 0.25) is 0 Å². The summed E-state index contributed by atoms with van der Waals surface area (Å²) < 4.78 is 12.9. The number of ether oxygens (including phenoxy) is 2. The number of H-pyrrole nitrogens is 1. The Hall–Kier alpha value is -3.14. The summed E-state index contributed by atoms with van der Waals surface area (Å²) in [5.41, 5.74) is 8.55. The maximum atomic E-state index is 12.4. The molecule has 1 fully saturated rings. The zero-order valence-electron chi connectivity index (χ0n) is 16.0. The normalized spacial score (nSPS) is 17.8. The Balaban J connectivity index is 1.63. The molecule has 0 bridgehead atoms. The van der Waals surface area contributed by atoms with Crippen molar-refractivity contribution >= 4 is 17.6 Å². The van der Waals surface area contributed by atoms with Crippen LogP contribution in [0.3, 0.4) is 0 Å². The first kappa shape index (κ1) is 18.2. The van der Waals surface area contributed by atoms with E-state index in [-0.39, 0.29) is 6.09 Å². The quantitative estimate of drug-likeness (QED) is 0.691. The maximum Gasteiger partial charge on any atom is 0.410 e. The third-order valence-electron chi connectivity index (χ3n) is 4.38. The summed E-state index contributed by atoms with van der Waals surface area (Å²) in [6, 6.07) is 1.72. The molecule has 10 heteroatoms. The van der Waals surface area contributed by atoms with Crippen LogP contribution in [0.15, 0.2) is 24.7 Å². The number of nitrogens with zero attached hydrogens (tertiary/aromatic N) is 5. The highest BCUT2D eigenvalue weighted by Gasteiger charge is 2.30. The molecule has 0 aromatic carbocycles. The highest BCUT2D eigenvalue weighted by atomic mass is 16.6. The van der Waals surface area contributed by atoms with Gasteiger partial charge in [-0.05, 0) is 20.8 Å².